The molecule has 1 aromatic carbocycles. The van der Waals surface area contributed by atoms with Crippen LogP contribution in [0.3, 0.4) is 0 Å². The molecule has 0 aliphatic carbocycles. The van der Waals surface area contributed by atoms with E-state index in [1.165, 1.54) is 12.1 Å². The van der Waals surface area contributed by atoms with Gasteiger partial charge in [0.25, 0.3) is 0 Å². The number of halogens is 2. The second-order valence-electron chi connectivity index (χ2n) is 2.56. The molecule has 0 unspecified atom stereocenters. The number of benzene rings is 1. The average molecular weight is 229 g/mol. The summed E-state index contributed by atoms with van der Waals surface area (Å²) in [6, 6.07) is 4.51. The van der Waals surface area contributed by atoms with Gasteiger partial charge in [-0.2, -0.15) is 0 Å². The van der Waals surface area contributed by atoms with Gasteiger partial charge in [-0.3, -0.25) is 0 Å². The fourth-order valence-electron chi connectivity index (χ4n) is 1.11. The molecule has 1 aliphatic rings. The highest BCUT2D eigenvalue weighted by Gasteiger charge is 2.09. The van der Waals surface area contributed by atoms with E-state index in [-0.39, 0.29) is 5.82 Å². The zero-order valence-corrected chi connectivity index (χ0v) is 7.77. The van der Waals surface area contributed by atoms with Gasteiger partial charge < -0.3 is 4.74 Å². The smallest absolute Gasteiger partial charge is 0.130 e. The summed E-state index contributed by atoms with van der Waals surface area (Å²) in [5.41, 5.74) is 0.912. The van der Waals surface area contributed by atoms with Crippen LogP contribution in [-0.2, 0) is 0 Å². The summed E-state index contributed by atoms with van der Waals surface area (Å²) in [4.78, 5) is 0. The Morgan fingerprint density at radius 1 is 1.42 bits per heavy atom. The van der Waals surface area contributed by atoms with Gasteiger partial charge in [0, 0.05) is 16.1 Å². The zero-order valence-electron chi connectivity index (χ0n) is 6.18. The summed E-state index contributed by atoms with van der Waals surface area (Å²) in [5, 5.41) is 0. The van der Waals surface area contributed by atoms with E-state index in [2.05, 4.69) is 15.9 Å². The largest absolute Gasteiger partial charge is 0.488 e. The summed E-state index contributed by atoms with van der Waals surface area (Å²) in [6.45, 7) is 0.483. The Kier molecular flexibility index (Phi) is 1.89. The first kappa shape index (κ1) is 7.80. The Morgan fingerprint density at radius 2 is 2.25 bits per heavy atom. The minimum atomic E-state index is -0.264. The molecule has 0 bridgehead atoms. The maximum atomic E-state index is 12.7. The second-order valence-corrected chi connectivity index (χ2v) is 3.58. The number of hydrogen-bond acceptors (Lipinski definition) is 1. The molecule has 1 nitrogen and oxygen atoms in total. The van der Waals surface area contributed by atoms with Crippen LogP contribution in [0.2, 0.25) is 0 Å². The Hall–Kier alpha value is -0.830. The molecular weight excluding hydrogens is 223 g/mol. The van der Waals surface area contributed by atoms with E-state index in [0.717, 1.165) is 10.0 Å². The van der Waals surface area contributed by atoms with Crippen LogP contribution in [0.25, 0.3) is 6.08 Å². The van der Waals surface area contributed by atoms with Crippen LogP contribution in [0, 0.1) is 5.82 Å². The van der Waals surface area contributed by atoms with Gasteiger partial charge in [-0.05, 0) is 18.2 Å². The summed E-state index contributed by atoms with van der Waals surface area (Å²) in [7, 11) is 0. The molecule has 0 saturated carbocycles. The van der Waals surface area contributed by atoms with Crippen LogP contribution in [0.15, 0.2) is 22.7 Å². The fraction of sp³-hybridized carbons (Fsp3) is 0.111. The van der Waals surface area contributed by atoms with Crippen LogP contribution >= 0.6 is 15.9 Å². The van der Waals surface area contributed by atoms with Crippen LogP contribution in [-0.4, -0.2) is 6.61 Å². The number of ether oxygens (including phenoxy) is 1. The van der Waals surface area contributed by atoms with Gasteiger partial charge in [0.15, 0.2) is 0 Å². The summed E-state index contributed by atoms with van der Waals surface area (Å²) < 4.78 is 18.9. The van der Waals surface area contributed by atoms with Gasteiger partial charge in [0.2, 0.25) is 0 Å². The van der Waals surface area contributed by atoms with Crippen molar-refractivity contribution in [3.63, 3.8) is 0 Å². The van der Waals surface area contributed by atoms with Gasteiger partial charge in [-0.1, -0.05) is 15.9 Å². The molecule has 0 aromatic heterocycles. The number of hydrogen-bond donors (Lipinski definition) is 0. The van der Waals surface area contributed by atoms with Gasteiger partial charge in [0.1, 0.15) is 18.2 Å². The molecule has 3 heteroatoms. The molecule has 0 spiro atoms. The molecule has 0 atom stereocenters. The summed E-state index contributed by atoms with van der Waals surface area (Å²) >= 11 is 3.32. The molecule has 0 radical (unpaired) electrons. The first-order chi connectivity index (χ1) is 5.75. The Morgan fingerprint density at radius 3 is 3.08 bits per heavy atom. The van der Waals surface area contributed by atoms with E-state index in [1.807, 2.05) is 6.08 Å². The maximum Gasteiger partial charge on any atom is 0.130 e. The highest BCUT2D eigenvalue weighted by atomic mass is 79.9. The third-order valence-electron chi connectivity index (χ3n) is 1.65. The van der Waals surface area contributed by atoms with Gasteiger partial charge >= 0.3 is 0 Å². The Balaban J connectivity index is 2.51. The molecule has 62 valence electrons. The molecular formula is C9H6BrFO. The lowest BCUT2D eigenvalue weighted by atomic mass is 10.1. The molecule has 0 amide bonds. The van der Waals surface area contributed by atoms with Crippen LogP contribution in [0.5, 0.6) is 5.75 Å². The van der Waals surface area contributed by atoms with Crippen molar-refractivity contribution in [1.29, 1.82) is 0 Å². The molecule has 12 heavy (non-hydrogen) atoms. The first-order valence-electron chi connectivity index (χ1n) is 3.54. The van der Waals surface area contributed by atoms with Crippen LogP contribution < -0.4 is 4.74 Å². The standard InChI is InChI=1S/C9H6BrFO/c10-7-3-6-1-2-8(11)4-9(6)12-5-7/h1-4H,5H2. The third-order valence-corrected chi connectivity index (χ3v) is 2.11. The van der Waals surface area contributed by atoms with Crippen molar-refractivity contribution in [2.24, 2.45) is 0 Å². The molecule has 0 N–H and O–H groups in total. The molecule has 0 fully saturated rings. The maximum absolute atomic E-state index is 12.7. The lowest BCUT2D eigenvalue weighted by Gasteiger charge is -2.14. The normalized spacial score (nSPS) is 14.7. The van der Waals surface area contributed by atoms with Crippen LogP contribution in [0.4, 0.5) is 4.39 Å². The fourth-order valence-corrected chi connectivity index (χ4v) is 1.47. The second kappa shape index (κ2) is 2.90. The van der Waals surface area contributed by atoms with Gasteiger partial charge in [0.05, 0.1) is 0 Å². The van der Waals surface area contributed by atoms with E-state index < -0.39 is 0 Å². The first-order valence-corrected chi connectivity index (χ1v) is 4.33. The topological polar surface area (TPSA) is 9.23 Å². The molecule has 1 aromatic rings. The van der Waals surface area contributed by atoms with Crippen molar-refractivity contribution in [1.82, 2.24) is 0 Å². The van der Waals surface area contributed by atoms with E-state index in [0.29, 0.717) is 12.4 Å². The van der Waals surface area contributed by atoms with Crippen molar-refractivity contribution in [2.45, 2.75) is 0 Å². The number of rotatable bonds is 0. The highest BCUT2D eigenvalue weighted by Crippen LogP contribution is 2.28. The van der Waals surface area contributed by atoms with Crippen molar-refractivity contribution in [3.05, 3.63) is 34.1 Å². The highest BCUT2D eigenvalue weighted by molar-refractivity contribution is 9.11. The minimum absolute atomic E-state index is 0.264. The Bertz CT molecular complexity index is 346. The lowest BCUT2D eigenvalue weighted by Crippen LogP contribution is -2.03. The summed E-state index contributed by atoms with van der Waals surface area (Å²) in [6.07, 6.45) is 1.93. The lowest BCUT2D eigenvalue weighted by molar-refractivity contribution is 0.354. The van der Waals surface area contributed by atoms with E-state index >= 15 is 0 Å². The van der Waals surface area contributed by atoms with E-state index in [1.54, 1.807) is 6.07 Å². The van der Waals surface area contributed by atoms with Crippen molar-refractivity contribution < 1.29 is 9.13 Å². The monoisotopic (exact) mass is 228 g/mol. The van der Waals surface area contributed by atoms with E-state index in [9.17, 15) is 4.39 Å². The van der Waals surface area contributed by atoms with Crippen LogP contribution in [0.1, 0.15) is 5.56 Å². The molecule has 2 rings (SSSR count). The Labute approximate surface area is 78.0 Å². The average Bonchev–Trinajstić information content (AvgIpc) is 2.05. The predicted octanol–water partition coefficient (Wildman–Crippen LogP) is 2.95. The molecule has 1 aliphatic heterocycles. The molecule has 0 saturated heterocycles. The predicted molar refractivity (Wildman–Crippen MR) is 48.8 cm³/mol. The third kappa shape index (κ3) is 1.37. The van der Waals surface area contributed by atoms with Gasteiger partial charge in [-0.15, -0.1) is 0 Å². The quantitative estimate of drug-likeness (QED) is 0.664. The number of fused-ring (bicyclic) bond motifs is 1. The van der Waals surface area contributed by atoms with Gasteiger partial charge in [-0.25, -0.2) is 4.39 Å². The van der Waals surface area contributed by atoms with Crippen molar-refractivity contribution in [2.75, 3.05) is 6.61 Å². The molecule has 1 heterocycles. The van der Waals surface area contributed by atoms with Crippen molar-refractivity contribution in [3.8, 4) is 5.75 Å². The van der Waals surface area contributed by atoms with Crippen molar-refractivity contribution >= 4 is 22.0 Å². The minimum Gasteiger partial charge on any atom is -0.488 e. The SMILES string of the molecule is Fc1ccc2c(c1)OCC(Br)=C2. The zero-order chi connectivity index (χ0) is 8.55. The summed E-state index contributed by atoms with van der Waals surface area (Å²) in [5.74, 6) is 0.346. The van der Waals surface area contributed by atoms with E-state index in [4.69, 9.17) is 4.74 Å².